The number of piperazine rings is 1. The fourth-order valence-electron chi connectivity index (χ4n) is 2.77. The molecule has 1 fully saturated rings. The van der Waals surface area contributed by atoms with Crippen LogP contribution in [0.3, 0.4) is 0 Å². The summed E-state index contributed by atoms with van der Waals surface area (Å²) in [4.78, 5) is 29.2. The van der Waals surface area contributed by atoms with Crippen molar-refractivity contribution in [2.24, 2.45) is 4.99 Å². The van der Waals surface area contributed by atoms with Gasteiger partial charge in [-0.2, -0.15) is 4.98 Å². The lowest BCUT2D eigenvalue weighted by Crippen LogP contribution is -2.53. The third-order valence-corrected chi connectivity index (χ3v) is 4.60. The van der Waals surface area contributed by atoms with Crippen LogP contribution in [-0.2, 0) is 4.79 Å². The summed E-state index contributed by atoms with van der Waals surface area (Å²) in [6, 6.07) is 0.157. The Morgan fingerprint density at radius 3 is 2.67 bits per heavy atom. The van der Waals surface area contributed by atoms with Gasteiger partial charge in [-0.3, -0.25) is 9.79 Å². The Hall–Kier alpha value is -2.10. The van der Waals surface area contributed by atoms with Gasteiger partial charge in [0.25, 0.3) is 0 Å². The van der Waals surface area contributed by atoms with Crippen LogP contribution < -0.4 is 20.3 Å². The molecule has 0 atom stereocenters. The molecule has 150 valence electrons. The molecule has 0 aromatic carbocycles. The van der Waals surface area contributed by atoms with Crippen molar-refractivity contribution < 1.29 is 9.53 Å². The number of rotatable bonds is 6. The quantitative estimate of drug-likeness (QED) is 0.499. The number of aromatic nitrogens is 2. The van der Waals surface area contributed by atoms with E-state index in [1.54, 1.807) is 20.4 Å². The summed E-state index contributed by atoms with van der Waals surface area (Å²) in [6.45, 7) is 7.60. The molecule has 27 heavy (non-hydrogen) atoms. The molecule has 9 nitrogen and oxygen atoms in total. The van der Waals surface area contributed by atoms with Crippen LogP contribution >= 0.6 is 15.9 Å². The summed E-state index contributed by atoms with van der Waals surface area (Å²) in [6.07, 6.45) is 2.12. The Kier molecular flexibility index (Phi) is 8.08. The zero-order chi connectivity index (χ0) is 19.8. The minimum Gasteiger partial charge on any atom is -0.480 e. The highest BCUT2D eigenvalue weighted by Gasteiger charge is 2.22. The van der Waals surface area contributed by atoms with Gasteiger partial charge in [0.05, 0.1) is 17.8 Å². The Labute approximate surface area is 168 Å². The third-order valence-electron chi connectivity index (χ3n) is 4.05. The summed E-state index contributed by atoms with van der Waals surface area (Å²) in [7, 11) is 3.34. The number of amides is 1. The lowest BCUT2D eigenvalue weighted by atomic mass is 10.3. The molecule has 2 heterocycles. The number of carbonyl (C=O) groups excluding carboxylic acids is 1. The van der Waals surface area contributed by atoms with Crippen LogP contribution in [0, 0.1) is 0 Å². The normalized spacial score (nSPS) is 15.1. The fraction of sp³-hybridized carbons (Fsp3) is 0.647. The number of nitrogens with one attached hydrogen (secondary N) is 2. The molecule has 0 saturated carbocycles. The van der Waals surface area contributed by atoms with Crippen molar-refractivity contribution in [3.8, 4) is 5.88 Å². The summed E-state index contributed by atoms with van der Waals surface area (Å²) >= 11 is 3.37. The first kappa shape index (κ1) is 21.2. The summed E-state index contributed by atoms with van der Waals surface area (Å²) < 4.78 is 5.98. The lowest BCUT2D eigenvalue weighted by molar-refractivity contribution is -0.121. The van der Waals surface area contributed by atoms with Crippen LogP contribution in [0.5, 0.6) is 5.88 Å². The minimum absolute atomic E-state index is 0.0408. The second-order valence-electron chi connectivity index (χ2n) is 6.45. The van der Waals surface area contributed by atoms with Gasteiger partial charge in [-0.05, 0) is 29.8 Å². The Morgan fingerprint density at radius 2 is 2.07 bits per heavy atom. The topological polar surface area (TPSA) is 95.0 Å². The lowest BCUT2D eigenvalue weighted by Gasteiger charge is -2.36. The van der Waals surface area contributed by atoms with Crippen LogP contribution in [0.4, 0.5) is 5.95 Å². The summed E-state index contributed by atoms with van der Waals surface area (Å²) in [5.41, 5.74) is 0. The monoisotopic (exact) mass is 441 g/mol. The number of guanidine groups is 1. The maximum absolute atomic E-state index is 11.7. The first-order valence-electron chi connectivity index (χ1n) is 9.01. The number of hydrogen-bond acceptors (Lipinski definition) is 6. The second-order valence-corrected chi connectivity index (χ2v) is 7.30. The first-order chi connectivity index (χ1) is 12.9. The van der Waals surface area contributed by atoms with Gasteiger partial charge in [0, 0.05) is 52.2 Å². The van der Waals surface area contributed by atoms with Crippen molar-refractivity contribution in [2.45, 2.75) is 26.3 Å². The largest absolute Gasteiger partial charge is 0.480 e. The van der Waals surface area contributed by atoms with Gasteiger partial charge < -0.3 is 25.2 Å². The van der Waals surface area contributed by atoms with Gasteiger partial charge in [0.2, 0.25) is 17.7 Å². The fourth-order valence-corrected chi connectivity index (χ4v) is 3.12. The molecule has 1 aliphatic heterocycles. The molecule has 0 spiro atoms. The highest BCUT2D eigenvalue weighted by Crippen LogP contribution is 2.23. The molecule has 0 bridgehead atoms. The third kappa shape index (κ3) is 6.23. The molecule has 1 aliphatic rings. The van der Waals surface area contributed by atoms with Crippen molar-refractivity contribution in [3.63, 3.8) is 0 Å². The van der Waals surface area contributed by atoms with Crippen molar-refractivity contribution in [2.75, 3.05) is 51.8 Å². The average molecular weight is 442 g/mol. The highest BCUT2D eigenvalue weighted by molar-refractivity contribution is 9.10. The Morgan fingerprint density at radius 1 is 1.37 bits per heavy atom. The van der Waals surface area contributed by atoms with E-state index in [4.69, 9.17) is 4.74 Å². The van der Waals surface area contributed by atoms with Gasteiger partial charge in [0.15, 0.2) is 5.96 Å². The Balaban J connectivity index is 1.83. The second kappa shape index (κ2) is 10.3. The number of aliphatic imine (C=N–C) groups is 1. The van der Waals surface area contributed by atoms with Crippen molar-refractivity contribution in [1.82, 2.24) is 25.5 Å². The standard InChI is InChI=1S/C17H28BrN7O2/c1-12(2)22-14(26)5-6-20-16(19-3)24-7-9-25(10-8-24)17-21-11-13(18)15(23-17)27-4/h11-12H,5-10H2,1-4H3,(H,19,20)(H,22,26). The van der Waals surface area contributed by atoms with Gasteiger partial charge in [0.1, 0.15) is 0 Å². The van der Waals surface area contributed by atoms with Gasteiger partial charge >= 0.3 is 0 Å². The van der Waals surface area contributed by atoms with E-state index in [0.29, 0.717) is 24.8 Å². The number of nitrogens with zero attached hydrogens (tertiary/aromatic N) is 5. The van der Waals surface area contributed by atoms with E-state index in [9.17, 15) is 4.79 Å². The number of hydrogen-bond donors (Lipinski definition) is 2. The molecule has 0 aliphatic carbocycles. The molecule has 1 saturated heterocycles. The molecular weight excluding hydrogens is 414 g/mol. The smallest absolute Gasteiger partial charge is 0.232 e. The van der Waals surface area contributed by atoms with Crippen molar-refractivity contribution >= 4 is 33.7 Å². The van der Waals surface area contributed by atoms with E-state index in [2.05, 4.69) is 51.3 Å². The molecule has 1 amide bonds. The zero-order valence-corrected chi connectivity index (χ0v) is 17.9. The van der Waals surface area contributed by atoms with E-state index < -0.39 is 0 Å². The van der Waals surface area contributed by atoms with Crippen molar-refractivity contribution in [3.05, 3.63) is 10.7 Å². The highest BCUT2D eigenvalue weighted by atomic mass is 79.9. The molecule has 1 aromatic heterocycles. The predicted molar refractivity (Wildman–Crippen MR) is 109 cm³/mol. The summed E-state index contributed by atoms with van der Waals surface area (Å²) in [5, 5.41) is 6.15. The SMILES string of the molecule is CN=C(NCCC(=O)NC(C)C)N1CCN(c2ncc(Br)c(OC)n2)CC1. The van der Waals surface area contributed by atoms with Gasteiger partial charge in [-0.15, -0.1) is 0 Å². The molecule has 0 unspecified atom stereocenters. The zero-order valence-electron chi connectivity index (χ0n) is 16.3. The summed E-state index contributed by atoms with van der Waals surface area (Å²) in [5.74, 6) is 2.03. The van der Waals surface area contributed by atoms with E-state index in [0.717, 1.165) is 36.6 Å². The predicted octanol–water partition coefficient (Wildman–Crippen LogP) is 0.860. The molecule has 10 heteroatoms. The maximum Gasteiger partial charge on any atom is 0.232 e. The maximum atomic E-state index is 11.7. The van der Waals surface area contributed by atoms with Gasteiger partial charge in [-0.1, -0.05) is 0 Å². The molecule has 1 aromatic rings. The number of ether oxygens (including phenoxy) is 1. The van der Waals surface area contributed by atoms with E-state index in [-0.39, 0.29) is 11.9 Å². The molecular formula is C17H28BrN7O2. The molecule has 2 rings (SSSR count). The van der Waals surface area contributed by atoms with Crippen LogP contribution in [0.25, 0.3) is 0 Å². The average Bonchev–Trinajstić information content (AvgIpc) is 2.65. The molecule has 2 N–H and O–H groups in total. The number of halogens is 1. The number of carbonyl (C=O) groups is 1. The first-order valence-corrected chi connectivity index (χ1v) is 9.80. The van der Waals surface area contributed by atoms with E-state index in [1.165, 1.54) is 0 Å². The van der Waals surface area contributed by atoms with Crippen LogP contribution in [-0.4, -0.2) is 79.7 Å². The van der Waals surface area contributed by atoms with Gasteiger partial charge in [-0.25, -0.2) is 4.98 Å². The van der Waals surface area contributed by atoms with Crippen LogP contribution in [0.2, 0.25) is 0 Å². The minimum atomic E-state index is 0.0408. The Bertz CT molecular complexity index is 661. The van der Waals surface area contributed by atoms with E-state index >= 15 is 0 Å². The molecule has 0 radical (unpaired) electrons. The number of anilines is 1. The van der Waals surface area contributed by atoms with Crippen LogP contribution in [0.1, 0.15) is 20.3 Å². The van der Waals surface area contributed by atoms with Crippen LogP contribution in [0.15, 0.2) is 15.7 Å². The van der Waals surface area contributed by atoms with E-state index in [1.807, 2.05) is 13.8 Å². The number of methoxy groups -OCH3 is 1. The van der Waals surface area contributed by atoms with Crippen molar-refractivity contribution in [1.29, 1.82) is 0 Å².